The zero-order valence-electron chi connectivity index (χ0n) is 32.6. The Morgan fingerprint density at radius 1 is 0.945 bits per heavy atom. The molecule has 4 N–H and O–H groups in total. The van der Waals surface area contributed by atoms with Gasteiger partial charge in [-0.3, -0.25) is 0 Å². The van der Waals surface area contributed by atoms with Gasteiger partial charge in [-0.05, 0) is 88.7 Å². The number of esters is 1. The lowest BCUT2D eigenvalue weighted by molar-refractivity contribution is -0.213. The molecule has 10 nitrogen and oxygen atoms in total. The Kier molecular flexibility index (Phi) is 8.02. The van der Waals surface area contributed by atoms with Crippen molar-refractivity contribution in [1.29, 1.82) is 0 Å². The van der Waals surface area contributed by atoms with Crippen LogP contribution in [0.4, 0.5) is 0 Å². The second-order valence-electron chi connectivity index (χ2n) is 17.8. The molecule has 2 saturated carbocycles. The summed E-state index contributed by atoms with van der Waals surface area (Å²) >= 11 is 7.06. The van der Waals surface area contributed by atoms with Gasteiger partial charge in [0.1, 0.15) is 40.6 Å². The van der Waals surface area contributed by atoms with Gasteiger partial charge in [0.15, 0.2) is 23.0 Å². The fraction of sp³-hybridized carbons (Fsp3) is 0.523. The molecule has 8 unspecified atom stereocenters. The second kappa shape index (κ2) is 12.0. The summed E-state index contributed by atoms with van der Waals surface area (Å²) in [6, 6.07) is 3.00. The van der Waals surface area contributed by atoms with Crippen LogP contribution in [0, 0.1) is 36.5 Å². The predicted molar refractivity (Wildman–Crippen MR) is 204 cm³/mol. The Balaban J connectivity index is 1.15. The van der Waals surface area contributed by atoms with Gasteiger partial charge in [0.2, 0.25) is 6.29 Å². The summed E-state index contributed by atoms with van der Waals surface area (Å²) in [5.41, 5.74) is 3.03. The van der Waals surface area contributed by atoms with E-state index in [0.717, 1.165) is 24.8 Å². The minimum Gasteiger partial charge on any atom is -0.508 e. The molecule has 2 bridgehead atoms. The molecule has 4 aliphatic heterocycles. The topological polar surface area (TPSA) is 144 Å². The van der Waals surface area contributed by atoms with E-state index < -0.39 is 36.2 Å². The quantitative estimate of drug-likeness (QED) is 0.113. The molecule has 0 radical (unpaired) electrons. The highest BCUT2D eigenvalue weighted by Gasteiger charge is 2.67. The van der Waals surface area contributed by atoms with Crippen molar-refractivity contribution in [1.82, 2.24) is 0 Å². The van der Waals surface area contributed by atoms with Gasteiger partial charge < -0.3 is 44.1 Å². The molecule has 8 atom stereocenters. The van der Waals surface area contributed by atoms with Gasteiger partial charge in [-0.15, -0.1) is 0 Å². The van der Waals surface area contributed by atoms with Gasteiger partial charge in [0.05, 0.1) is 22.3 Å². The van der Waals surface area contributed by atoms with Crippen LogP contribution < -0.4 is 18.9 Å². The molecule has 11 heteroatoms. The third kappa shape index (κ3) is 4.80. The second-order valence-corrected chi connectivity index (χ2v) is 18.2. The number of carbonyl (C=O) groups excluding carboxylic acids is 1. The van der Waals surface area contributed by atoms with Gasteiger partial charge in [-0.2, -0.15) is 0 Å². The molecule has 2 aliphatic carbocycles. The molecule has 292 valence electrons. The Labute approximate surface area is 326 Å². The number of aliphatic hydroxyl groups excluding tert-OH is 2. The minimum atomic E-state index is -1.35. The van der Waals surface area contributed by atoms with Crippen LogP contribution in [0.2, 0.25) is 5.02 Å². The molecule has 4 heterocycles. The molecule has 0 amide bonds. The highest BCUT2D eigenvalue weighted by atomic mass is 35.5. The number of phenolic OH excluding ortho intramolecular Hbond substituents is 2. The molecule has 3 aromatic carbocycles. The number of halogens is 1. The van der Waals surface area contributed by atoms with Crippen molar-refractivity contribution in [3.05, 3.63) is 73.3 Å². The highest BCUT2D eigenvalue weighted by molar-refractivity contribution is 6.33. The van der Waals surface area contributed by atoms with E-state index in [4.69, 9.17) is 35.3 Å². The van der Waals surface area contributed by atoms with E-state index in [1.165, 1.54) is 6.07 Å². The number of fused-ring (bicyclic) bond motifs is 13. The molecular formula is C44H49ClO10. The lowest BCUT2D eigenvalue weighted by Crippen LogP contribution is -2.66. The lowest BCUT2D eigenvalue weighted by Gasteiger charge is -2.64. The molecule has 1 spiro atoms. The molecule has 0 aromatic heterocycles. The Bertz CT molecular complexity index is 2240. The third-order valence-corrected chi connectivity index (χ3v) is 14.9. The summed E-state index contributed by atoms with van der Waals surface area (Å²) in [5.74, 6) is 0.558. The Morgan fingerprint density at radius 3 is 2.42 bits per heavy atom. The maximum absolute atomic E-state index is 14.0. The number of carbonyl (C=O) groups is 1. The van der Waals surface area contributed by atoms with Crippen LogP contribution in [0.3, 0.4) is 0 Å². The molecular weight excluding hydrogens is 724 g/mol. The molecule has 9 rings (SSSR count). The maximum atomic E-state index is 14.0. The van der Waals surface area contributed by atoms with E-state index in [1.54, 1.807) is 19.9 Å². The number of aromatic hydroxyl groups is 2. The van der Waals surface area contributed by atoms with Crippen LogP contribution in [0.5, 0.6) is 40.2 Å². The largest absolute Gasteiger partial charge is 0.508 e. The lowest BCUT2D eigenvalue weighted by atomic mass is 9.43. The van der Waals surface area contributed by atoms with Crippen LogP contribution in [-0.4, -0.2) is 38.1 Å². The predicted octanol–water partition coefficient (Wildman–Crippen LogP) is 9.30. The zero-order chi connectivity index (χ0) is 39.3. The molecule has 2 fully saturated rings. The van der Waals surface area contributed by atoms with Crippen LogP contribution in [0.25, 0.3) is 0 Å². The third-order valence-electron chi connectivity index (χ3n) is 14.4. The average Bonchev–Trinajstić information content (AvgIpc) is 3.48. The minimum absolute atomic E-state index is 0.0160. The number of rotatable bonds is 2. The van der Waals surface area contributed by atoms with Gasteiger partial charge >= 0.3 is 5.97 Å². The first kappa shape index (κ1) is 36.7. The van der Waals surface area contributed by atoms with Crippen LogP contribution in [0.15, 0.2) is 23.8 Å². The van der Waals surface area contributed by atoms with Crippen molar-refractivity contribution in [2.45, 2.75) is 124 Å². The summed E-state index contributed by atoms with van der Waals surface area (Å²) in [6.45, 7) is 16.2. The SMILES string of the molecule is CC(C)=CCc1c(O)cc2c(c1C)OC(=O)c1c(C)c(Cl)c3c(c1O2)C1OC(O3)c2c(cc(O)c3c2OC2(C3)C(C)CCC3C(C)(C)C(O)CCC32C)C1O. The molecule has 0 saturated heterocycles. The number of allylic oxidation sites excluding steroid dienone is 2. The van der Waals surface area contributed by atoms with Crippen molar-refractivity contribution >= 4 is 17.6 Å². The first-order valence-electron chi connectivity index (χ1n) is 19.4. The number of benzene rings is 3. The summed E-state index contributed by atoms with van der Waals surface area (Å²) in [4.78, 5) is 14.0. The molecule has 3 aromatic rings. The van der Waals surface area contributed by atoms with Gasteiger partial charge in [0.25, 0.3) is 0 Å². The number of hydrogen-bond donors (Lipinski definition) is 4. The van der Waals surface area contributed by atoms with Crippen molar-refractivity contribution in [2.24, 2.45) is 22.7 Å². The highest BCUT2D eigenvalue weighted by Crippen LogP contribution is 2.69. The van der Waals surface area contributed by atoms with E-state index in [0.29, 0.717) is 58.4 Å². The van der Waals surface area contributed by atoms with Crippen molar-refractivity contribution in [2.75, 3.05) is 0 Å². The zero-order valence-corrected chi connectivity index (χ0v) is 33.3. The van der Waals surface area contributed by atoms with E-state index in [2.05, 4.69) is 27.7 Å². The summed E-state index contributed by atoms with van der Waals surface area (Å²) in [5, 5.41) is 46.4. The van der Waals surface area contributed by atoms with Gasteiger partial charge in [0, 0.05) is 40.2 Å². The van der Waals surface area contributed by atoms with Crippen molar-refractivity contribution in [3.63, 3.8) is 0 Å². The van der Waals surface area contributed by atoms with Crippen molar-refractivity contribution < 1.29 is 48.9 Å². The normalized spacial score (nSPS) is 31.9. The van der Waals surface area contributed by atoms with Gasteiger partial charge in [-0.1, -0.05) is 50.9 Å². The average molecular weight is 773 g/mol. The first-order chi connectivity index (χ1) is 25.9. The fourth-order valence-corrected chi connectivity index (χ4v) is 11.5. The van der Waals surface area contributed by atoms with Gasteiger partial charge in [-0.25, -0.2) is 4.79 Å². The van der Waals surface area contributed by atoms with E-state index in [-0.39, 0.29) is 73.3 Å². The molecule has 6 aliphatic rings. The van der Waals surface area contributed by atoms with E-state index >= 15 is 0 Å². The Hall–Kier alpha value is -3.96. The fourth-order valence-electron chi connectivity index (χ4n) is 11.2. The number of hydrogen-bond acceptors (Lipinski definition) is 10. The number of aliphatic hydroxyl groups is 2. The monoisotopic (exact) mass is 772 g/mol. The maximum Gasteiger partial charge on any atom is 0.347 e. The van der Waals surface area contributed by atoms with E-state index in [1.807, 2.05) is 19.9 Å². The Morgan fingerprint density at radius 2 is 1.69 bits per heavy atom. The first-order valence-corrected chi connectivity index (χ1v) is 19.8. The van der Waals surface area contributed by atoms with Crippen LogP contribution in [-0.2, 0) is 17.6 Å². The summed E-state index contributed by atoms with van der Waals surface area (Å²) in [7, 11) is 0. The van der Waals surface area contributed by atoms with Crippen molar-refractivity contribution in [3.8, 4) is 40.2 Å². The smallest absolute Gasteiger partial charge is 0.347 e. The van der Waals surface area contributed by atoms with E-state index in [9.17, 15) is 25.2 Å². The van der Waals surface area contributed by atoms with Crippen LogP contribution in [0.1, 0.15) is 135 Å². The molecule has 55 heavy (non-hydrogen) atoms. The number of ether oxygens (including phenoxy) is 5. The summed E-state index contributed by atoms with van der Waals surface area (Å²) in [6.07, 6.45) is 2.20. The number of phenols is 2. The van der Waals surface area contributed by atoms with Crippen LogP contribution >= 0.6 is 11.6 Å². The standard InChI is InChI=1S/C44H49ClO10/c1-18(2)9-11-22-20(4)35-27(16-26(22)47)51-37-30(40(50)52-35)21(5)33(45)38-32(37)39-34(49)23-15-25(46)24-17-44(55-36(24)31(23)41(53-38)54-39)19(3)10-12-28-42(6,7)29(48)13-14-43(28,44)8/h9,15-16,19,28-29,34,39,41,46-49H,10-14,17H2,1-8H3. The summed E-state index contributed by atoms with van der Waals surface area (Å²) < 4.78 is 32.9.